The van der Waals surface area contributed by atoms with Gasteiger partial charge >= 0.3 is 0 Å². The van der Waals surface area contributed by atoms with Crippen LogP contribution in [0.1, 0.15) is 12.2 Å². The van der Waals surface area contributed by atoms with E-state index in [1.165, 1.54) is 0 Å². The summed E-state index contributed by atoms with van der Waals surface area (Å²) in [5.41, 5.74) is 0. The largest absolute Gasteiger partial charge is 0.493 e. The summed E-state index contributed by atoms with van der Waals surface area (Å²) in [6.45, 7) is 0.636. The van der Waals surface area contributed by atoms with E-state index in [0.29, 0.717) is 23.9 Å². The second kappa shape index (κ2) is 6.93. The Morgan fingerprint density at radius 1 is 1.04 bits per heavy atom. The molecule has 0 bridgehead atoms. The van der Waals surface area contributed by atoms with Gasteiger partial charge in [-0.1, -0.05) is 35.3 Å². The van der Waals surface area contributed by atoms with Crippen LogP contribution >= 0.6 is 23.2 Å². The van der Waals surface area contributed by atoms with Crippen molar-refractivity contribution in [2.24, 2.45) is 9.98 Å². The van der Waals surface area contributed by atoms with Crippen LogP contribution in [-0.4, -0.2) is 35.7 Å². The summed E-state index contributed by atoms with van der Waals surface area (Å²) in [7, 11) is 1.55. The molecule has 2 heterocycles. The van der Waals surface area contributed by atoms with Crippen molar-refractivity contribution in [2.75, 3.05) is 13.7 Å². The molecule has 0 atom stereocenters. The van der Waals surface area contributed by atoms with E-state index in [4.69, 9.17) is 32.7 Å². The van der Waals surface area contributed by atoms with Crippen molar-refractivity contribution in [2.45, 2.75) is 6.42 Å². The van der Waals surface area contributed by atoms with E-state index in [0.717, 1.165) is 6.42 Å². The first kappa shape index (κ1) is 15.7. The molecule has 0 aliphatic carbocycles. The molecule has 23 heavy (non-hydrogen) atoms. The normalized spacial score (nSPS) is 13.6. The molecule has 118 valence electrons. The van der Waals surface area contributed by atoms with Gasteiger partial charge in [0.15, 0.2) is 33.5 Å². The van der Waals surface area contributed by atoms with E-state index in [1.807, 2.05) is 6.07 Å². The number of halogens is 2. The van der Waals surface area contributed by atoms with Gasteiger partial charge in [-0.05, 0) is 12.1 Å². The summed E-state index contributed by atoms with van der Waals surface area (Å²) in [6.07, 6.45) is 2.55. The highest BCUT2D eigenvalue weighted by molar-refractivity contribution is 6.36. The monoisotopic (exact) mass is 350 g/mol. The van der Waals surface area contributed by atoms with Gasteiger partial charge in [0.05, 0.1) is 7.11 Å². The molecule has 0 spiro atoms. The molecule has 0 N–H and O–H groups in total. The quantitative estimate of drug-likeness (QED) is 0.786. The fourth-order valence-electron chi connectivity index (χ4n) is 1.94. The Balaban J connectivity index is 1.95. The standard InChI is InChI=1S/C15H12Cl2N4O2/c1-22-9-5-2-3-6-10(9)23-11-12(16)20-15(21-13(11)17)14-18-7-4-8-19-14/h2-3,5-7H,4,8H2,1H3. The van der Waals surface area contributed by atoms with Gasteiger partial charge in [-0.25, -0.2) is 15.0 Å². The van der Waals surface area contributed by atoms with Gasteiger partial charge in [-0.15, -0.1) is 0 Å². The maximum absolute atomic E-state index is 6.19. The number of methoxy groups -OCH3 is 1. The molecule has 0 fully saturated rings. The van der Waals surface area contributed by atoms with Gasteiger partial charge in [0.2, 0.25) is 5.75 Å². The summed E-state index contributed by atoms with van der Waals surface area (Å²) in [6, 6.07) is 7.13. The van der Waals surface area contributed by atoms with Crippen LogP contribution in [0.15, 0.2) is 34.3 Å². The minimum Gasteiger partial charge on any atom is -0.493 e. The predicted molar refractivity (Wildman–Crippen MR) is 89.6 cm³/mol. The van der Waals surface area contributed by atoms with Crippen LogP contribution in [0, 0.1) is 0 Å². The second-order valence-electron chi connectivity index (χ2n) is 4.52. The van der Waals surface area contributed by atoms with Crippen LogP contribution in [0.2, 0.25) is 10.3 Å². The topological polar surface area (TPSA) is 69.0 Å². The van der Waals surface area contributed by atoms with Crippen LogP contribution in [0.3, 0.4) is 0 Å². The maximum Gasteiger partial charge on any atom is 0.202 e. The highest BCUT2D eigenvalue weighted by atomic mass is 35.5. The van der Waals surface area contributed by atoms with Crippen molar-refractivity contribution in [1.82, 2.24) is 9.97 Å². The number of hydrogen-bond acceptors (Lipinski definition) is 6. The molecule has 1 aromatic heterocycles. The first-order valence-electron chi connectivity index (χ1n) is 6.80. The van der Waals surface area contributed by atoms with Gasteiger partial charge in [-0.2, -0.15) is 0 Å². The molecule has 0 amide bonds. The summed E-state index contributed by atoms with van der Waals surface area (Å²) in [5.74, 6) is 1.84. The third kappa shape index (κ3) is 3.43. The van der Waals surface area contributed by atoms with E-state index in [2.05, 4.69) is 20.0 Å². The number of rotatable bonds is 4. The molecule has 0 saturated heterocycles. The lowest BCUT2D eigenvalue weighted by Gasteiger charge is -2.12. The molecule has 0 radical (unpaired) electrons. The Morgan fingerprint density at radius 3 is 2.35 bits per heavy atom. The van der Waals surface area contributed by atoms with E-state index >= 15 is 0 Å². The summed E-state index contributed by atoms with van der Waals surface area (Å²) in [5, 5.41) is 0.156. The average Bonchev–Trinajstić information content (AvgIpc) is 2.59. The lowest BCUT2D eigenvalue weighted by molar-refractivity contribution is 0.378. The molecule has 1 aliphatic rings. The van der Waals surface area contributed by atoms with Crippen LogP contribution in [-0.2, 0) is 0 Å². The van der Waals surface area contributed by atoms with Gasteiger partial charge in [0.1, 0.15) is 0 Å². The molecule has 1 aliphatic heterocycles. The van der Waals surface area contributed by atoms with E-state index in [9.17, 15) is 0 Å². The van der Waals surface area contributed by atoms with Crippen molar-refractivity contribution in [1.29, 1.82) is 0 Å². The molecule has 6 nitrogen and oxygen atoms in total. The second-order valence-corrected chi connectivity index (χ2v) is 5.23. The first-order valence-corrected chi connectivity index (χ1v) is 7.56. The van der Waals surface area contributed by atoms with Gasteiger partial charge in [-0.3, -0.25) is 4.99 Å². The number of amidine groups is 1. The molecular weight excluding hydrogens is 339 g/mol. The Bertz CT molecular complexity index is 770. The molecule has 1 aromatic carbocycles. The maximum atomic E-state index is 6.19. The van der Waals surface area contributed by atoms with Crippen molar-refractivity contribution in [3.63, 3.8) is 0 Å². The van der Waals surface area contributed by atoms with E-state index in [1.54, 1.807) is 31.5 Å². The molecule has 2 aromatic rings. The van der Waals surface area contributed by atoms with Crippen molar-refractivity contribution in [3.05, 3.63) is 40.4 Å². The molecular formula is C15H12Cl2N4O2. The summed E-state index contributed by atoms with van der Waals surface area (Å²) < 4.78 is 10.9. The third-order valence-electron chi connectivity index (χ3n) is 3.00. The minimum absolute atomic E-state index is 0.0781. The van der Waals surface area contributed by atoms with Crippen molar-refractivity contribution >= 4 is 35.3 Å². The highest BCUT2D eigenvalue weighted by Gasteiger charge is 2.18. The third-order valence-corrected chi connectivity index (χ3v) is 3.51. The van der Waals surface area contributed by atoms with Gasteiger partial charge in [0.25, 0.3) is 0 Å². The average molecular weight is 351 g/mol. The number of benzene rings is 1. The number of nitrogens with zero attached hydrogens (tertiary/aromatic N) is 4. The SMILES string of the molecule is COc1ccccc1Oc1c(Cl)nc(C2=NCCC=N2)nc1Cl. The smallest absolute Gasteiger partial charge is 0.202 e. The zero-order valence-corrected chi connectivity index (χ0v) is 13.7. The van der Waals surface area contributed by atoms with E-state index in [-0.39, 0.29) is 21.9 Å². The highest BCUT2D eigenvalue weighted by Crippen LogP contribution is 2.37. The van der Waals surface area contributed by atoms with Crippen LogP contribution in [0.5, 0.6) is 17.2 Å². The predicted octanol–water partition coefficient (Wildman–Crippen LogP) is 3.81. The van der Waals surface area contributed by atoms with Gasteiger partial charge < -0.3 is 9.47 Å². The molecule has 0 saturated carbocycles. The lowest BCUT2D eigenvalue weighted by Crippen LogP contribution is -2.10. The minimum atomic E-state index is 0.0781. The Labute approximate surface area is 142 Å². The molecule has 0 unspecified atom stereocenters. The van der Waals surface area contributed by atoms with Crippen LogP contribution < -0.4 is 9.47 Å². The fourth-order valence-corrected chi connectivity index (χ4v) is 2.41. The van der Waals surface area contributed by atoms with Crippen molar-refractivity contribution in [3.8, 4) is 17.2 Å². The number of ether oxygens (including phenoxy) is 2. The van der Waals surface area contributed by atoms with Crippen LogP contribution in [0.25, 0.3) is 0 Å². The Hall–Kier alpha value is -2.18. The Kier molecular flexibility index (Phi) is 4.73. The summed E-state index contributed by atoms with van der Waals surface area (Å²) in [4.78, 5) is 16.7. The molecule has 8 heteroatoms. The zero-order chi connectivity index (χ0) is 16.2. The van der Waals surface area contributed by atoms with Crippen molar-refractivity contribution < 1.29 is 9.47 Å². The number of aromatic nitrogens is 2. The van der Waals surface area contributed by atoms with Gasteiger partial charge in [0, 0.05) is 19.2 Å². The number of aliphatic imine (C=N–C) groups is 2. The number of hydrogen-bond donors (Lipinski definition) is 0. The van der Waals surface area contributed by atoms with E-state index < -0.39 is 0 Å². The number of para-hydroxylation sites is 2. The fraction of sp³-hybridized carbons (Fsp3) is 0.200. The summed E-state index contributed by atoms with van der Waals surface area (Å²) >= 11 is 12.4. The lowest BCUT2D eigenvalue weighted by atomic mass is 10.3. The molecule has 3 rings (SSSR count). The van der Waals surface area contributed by atoms with Crippen LogP contribution in [0.4, 0.5) is 0 Å². The first-order chi connectivity index (χ1) is 11.2. The zero-order valence-electron chi connectivity index (χ0n) is 12.2. The Morgan fingerprint density at radius 2 is 1.74 bits per heavy atom.